The summed E-state index contributed by atoms with van der Waals surface area (Å²) >= 11 is 0. The largest absolute Gasteiger partial charge is 0.454 e. The quantitative estimate of drug-likeness (QED) is 0.840. The first-order valence-corrected chi connectivity index (χ1v) is 5.32. The number of fused-ring (bicyclic) bond motifs is 1. The first-order valence-electron chi connectivity index (χ1n) is 5.32. The number of nitrogens with one attached hydrogen (secondary N) is 1. The van der Waals surface area contributed by atoms with Crippen molar-refractivity contribution >= 4 is 5.91 Å². The Kier molecular flexibility index (Phi) is 3.46. The van der Waals surface area contributed by atoms with Gasteiger partial charge in [-0.2, -0.15) is 5.26 Å². The van der Waals surface area contributed by atoms with E-state index >= 15 is 0 Å². The van der Waals surface area contributed by atoms with E-state index in [-0.39, 0.29) is 19.1 Å². The summed E-state index contributed by atoms with van der Waals surface area (Å²) in [5.74, 6) is 1.25. The van der Waals surface area contributed by atoms with Crippen LogP contribution in [0.5, 0.6) is 11.5 Å². The van der Waals surface area contributed by atoms with Crippen molar-refractivity contribution in [2.75, 3.05) is 13.3 Å². The average Bonchev–Trinajstić information content (AvgIpc) is 2.76. The monoisotopic (exact) mass is 232 g/mol. The van der Waals surface area contributed by atoms with Gasteiger partial charge < -0.3 is 14.8 Å². The fourth-order valence-corrected chi connectivity index (χ4v) is 1.58. The molecular weight excluding hydrogens is 220 g/mol. The maximum Gasteiger partial charge on any atom is 0.234 e. The van der Waals surface area contributed by atoms with E-state index in [4.69, 9.17) is 14.7 Å². The Labute approximate surface area is 98.9 Å². The summed E-state index contributed by atoms with van der Waals surface area (Å²) in [6.45, 7) is 0.776. The van der Waals surface area contributed by atoms with Crippen LogP contribution in [0.1, 0.15) is 12.0 Å². The molecule has 1 aliphatic rings. The van der Waals surface area contributed by atoms with Crippen molar-refractivity contribution in [2.45, 2.75) is 12.8 Å². The van der Waals surface area contributed by atoms with Gasteiger partial charge in [-0.1, -0.05) is 6.07 Å². The van der Waals surface area contributed by atoms with E-state index in [0.29, 0.717) is 13.0 Å². The summed E-state index contributed by atoms with van der Waals surface area (Å²) in [6, 6.07) is 7.49. The zero-order valence-electron chi connectivity index (χ0n) is 9.23. The Balaban J connectivity index is 1.84. The molecule has 0 radical (unpaired) electrons. The zero-order chi connectivity index (χ0) is 12.1. The highest BCUT2D eigenvalue weighted by atomic mass is 16.7. The first-order chi connectivity index (χ1) is 8.29. The van der Waals surface area contributed by atoms with Crippen molar-refractivity contribution in [3.8, 4) is 17.6 Å². The number of hydrogen-bond donors (Lipinski definition) is 1. The Morgan fingerprint density at radius 1 is 1.41 bits per heavy atom. The highest BCUT2D eigenvalue weighted by Gasteiger charge is 2.12. The van der Waals surface area contributed by atoms with Crippen LogP contribution in [0.4, 0.5) is 0 Å². The molecule has 5 nitrogen and oxygen atoms in total. The molecule has 0 saturated heterocycles. The van der Waals surface area contributed by atoms with E-state index in [9.17, 15) is 4.79 Å². The van der Waals surface area contributed by atoms with Gasteiger partial charge in [0.2, 0.25) is 12.7 Å². The number of carbonyl (C=O) groups is 1. The molecule has 1 aromatic carbocycles. The van der Waals surface area contributed by atoms with E-state index in [2.05, 4.69) is 5.32 Å². The van der Waals surface area contributed by atoms with Gasteiger partial charge in [0.25, 0.3) is 0 Å². The molecule has 2 rings (SSSR count). The van der Waals surface area contributed by atoms with Crippen LogP contribution in [0.25, 0.3) is 0 Å². The van der Waals surface area contributed by atoms with Crippen LogP contribution in [0.2, 0.25) is 0 Å². The number of hydrogen-bond acceptors (Lipinski definition) is 4. The lowest BCUT2D eigenvalue weighted by Gasteiger charge is -2.04. The summed E-state index contributed by atoms with van der Waals surface area (Å²) < 4.78 is 10.5. The van der Waals surface area contributed by atoms with Crippen LogP contribution < -0.4 is 14.8 Å². The van der Waals surface area contributed by atoms with Crippen LogP contribution in [0, 0.1) is 11.3 Å². The molecule has 0 aromatic heterocycles. The number of ether oxygens (including phenoxy) is 2. The maximum absolute atomic E-state index is 11.0. The van der Waals surface area contributed by atoms with Crippen LogP contribution >= 0.6 is 0 Å². The summed E-state index contributed by atoms with van der Waals surface area (Å²) in [4.78, 5) is 11.0. The predicted octanol–water partition coefficient (Wildman–Crippen LogP) is 0.988. The molecule has 1 aliphatic heterocycles. The summed E-state index contributed by atoms with van der Waals surface area (Å²) in [7, 11) is 0. The van der Waals surface area contributed by atoms with Gasteiger partial charge in [-0.25, -0.2) is 0 Å². The van der Waals surface area contributed by atoms with Crippen molar-refractivity contribution in [1.29, 1.82) is 5.26 Å². The lowest BCUT2D eigenvalue weighted by atomic mass is 10.1. The van der Waals surface area contributed by atoms with E-state index in [1.165, 1.54) is 0 Å². The fraction of sp³-hybridized carbons (Fsp3) is 0.333. The minimum atomic E-state index is -0.242. The van der Waals surface area contributed by atoms with Gasteiger partial charge in [-0.3, -0.25) is 4.79 Å². The third-order valence-corrected chi connectivity index (χ3v) is 2.41. The molecule has 0 atom stereocenters. The van der Waals surface area contributed by atoms with Gasteiger partial charge in [0.1, 0.15) is 6.42 Å². The molecule has 0 unspecified atom stereocenters. The number of nitriles is 1. The third-order valence-electron chi connectivity index (χ3n) is 2.41. The molecule has 1 amide bonds. The van der Waals surface area contributed by atoms with Crippen LogP contribution in [-0.2, 0) is 11.2 Å². The number of amides is 1. The number of nitrogens with zero attached hydrogens (tertiary/aromatic N) is 1. The molecular formula is C12H12N2O3. The Bertz CT molecular complexity index is 465. The second-order valence-corrected chi connectivity index (χ2v) is 3.62. The average molecular weight is 232 g/mol. The van der Waals surface area contributed by atoms with Crippen molar-refractivity contribution in [3.63, 3.8) is 0 Å². The molecule has 0 aliphatic carbocycles. The number of carbonyl (C=O) groups excluding carboxylic acids is 1. The summed E-state index contributed by atoms with van der Waals surface area (Å²) in [6.07, 6.45) is 0.606. The van der Waals surface area contributed by atoms with Crippen molar-refractivity contribution < 1.29 is 14.3 Å². The SMILES string of the molecule is N#CCC(=O)NCCc1ccc2c(c1)OCO2. The van der Waals surface area contributed by atoms with E-state index in [0.717, 1.165) is 17.1 Å². The van der Waals surface area contributed by atoms with Crippen molar-refractivity contribution in [1.82, 2.24) is 5.32 Å². The minimum Gasteiger partial charge on any atom is -0.454 e. The molecule has 1 aromatic rings. The number of benzene rings is 1. The van der Waals surface area contributed by atoms with Crippen LogP contribution in [-0.4, -0.2) is 19.2 Å². The first kappa shape index (κ1) is 11.3. The normalized spacial score (nSPS) is 11.9. The standard InChI is InChI=1S/C12H12N2O3/c13-5-3-12(15)14-6-4-9-1-2-10-11(7-9)17-8-16-10/h1-2,7H,3-4,6,8H2,(H,14,15). The molecule has 17 heavy (non-hydrogen) atoms. The highest BCUT2D eigenvalue weighted by molar-refractivity contribution is 5.77. The number of rotatable bonds is 4. The fourth-order valence-electron chi connectivity index (χ4n) is 1.58. The van der Waals surface area contributed by atoms with Crippen LogP contribution in [0.3, 0.4) is 0 Å². The molecule has 0 saturated carbocycles. The lowest BCUT2D eigenvalue weighted by molar-refractivity contribution is -0.120. The molecule has 0 spiro atoms. The van der Waals surface area contributed by atoms with Gasteiger partial charge in [-0.05, 0) is 24.1 Å². The van der Waals surface area contributed by atoms with Gasteiger partial charge in [-0.15, -0.1) is 0 Å². The van der Waals surface area contributed by atoms with E-state index < -0.39 is 0 Å². The second-order valence-electron chi connectivity index (χ2n) is 3.62. The van der Waals surface area contributed by atoms with Crippen LogP contribution in [0.15, 0.2) is 18.2 Å². The Morgan fingerprint density at radius 3 is 3.06 bits per heavy atom. The smallest absolute Gasteiger partial charge is 0.234 e. The third kappa shape index (κ3) is 2.88. The lowest BCUT2D eigenvalue weighted by Crippen LogP contribution is -2.24. The Morgan fingerprint density at radius 2 is 2.24 bits per heavy atom. The predicted molar refractivity (Wildman–Crippen MR) is 59.5 cm³/mol. The van der Waals surface area contributed by atoms with Gasteiger partial charge in [0, 0.05) is 6.54 Å². The summed E-state index contributed by atoms with van der Waals surface area (Å²) in [5.41, 5.74) is 1.06. The van der Waals surface area contributed by atoms with E-state index in [1.807, 2.05) is 18.2 Å². The molecule has 1 heterocycles. The highest BCUT2D eigenvalue weighted by Crippen LogP contribution is 2.32. The van der Waals surface area contributed by atoms with E-state index in [1.54, 1.807) is 6.07 Å². The van der Waals surface area contributed by atoms with Crippen molar-refractivity contribution in [2.24, 2.45) is 0 Å². The Hall–Kier alpha value is -2.22. The van der Waals surface area contributed by atoms with Gasteiger partial charge in [0.05, 0.1) is 6.07 Å². The van der Waals surface area contributed by atoms with Gasteiger partial charge >= 0.3 is 0 Å². The molecule has 0 fully saturated rings. The van der Waals surface area contributed by atoms with Crippen molar-refractivity contribution in [3.05, 3.63) is 23.8 Å². The second kappa shape index (κ2) is 5.21. The minimum absolute atomic E-state index is 0.0961. The molecule has 0 bridgehead atoms. The summed E-state index contributed by atoms with van der Waals surface area (Å²) in [5, 5.41) is 11.0. The molecule has 88 valence electrons. The van der Waals surface area contributed by atoms with Gasteiger partial charge in [0.15, 0.2) is 11.5 Å². The topological polar surface area (TPSA) is 71.4 Å². The maximum atomic E-state index is 11.0. The molecule has 1 N–H and O–H groups in total. The zero-order valence-corrected chi connectivity index (χ0v) is 9.23. The molecule has 5 heteroatoms.